The summed E-state index contributed by atoms with van der Waals surface area (Å²) in [5, 5.41) is 0.531. The number of hydrogen-bond acceptors (Lipinski definition) is 1. The molecule has 2 aromatic rings. The molecule has 0 saturated heterocycles. The molecule has 2 aromatic carbocycles. The Kier molecular flexibility index (Phi) is 4.27. The lowest BCUT2D eigenvalue weighted by Crippen LogP contribution is -2.26. The molecule has 0 atom stereocenters. The van der Waals surface area contributed by atoms with Crippen LogP contribution < -0.4 is 4.90 Å². The maximum Gasteiger partial charge on any atom is 0.258 e. The van der Waals surface area contributed by atoms with Gasteiger partial charge < -0.3 is 4.90 Å². The number of halogens is 2. The van der Waals surface area contributed by atoms with E-state index in [2.05, 4.69) is 15.9 Å². The van der Waals surface area contributed by atoms with Crippen molar-refractivity contribution < 1.29 is 4.79 Å². The van der Waals surface area contributed by atoms with E-state index in [0.717, 1.165) is 15.7 Å². The molecule has 0 aliphatic rings. The summed E-state index contributed by atoms with van der Waals surface area (Å²) in [6.45, 7) is 2.00. The summed E-state index contributed by atoms with van der Waals surface area (Å²) >= 11 is 9.33. The minimum atomic E-state index is -0.0833. The van der Waals surface area contributed by atoms with Crippen LogP contribution in [-0.2, 0) is 0 Å². The summed E-state index contributed by atoms with van der Waals surface area (Å²) in [6.07, 6.45) is 0. The third-order valence-electron chi connectivity index (χ3n) is 2.86. The van der Waals surface area contributed by atoms with Crippen LogP contribution in [0.2, 0.25) is 5.02 Å². The van der Waals surface area contributed by atoms with E-state index < -0.39 is 0 Å². The molecule has 0 fully saturated rings. The smallest absolute Gasteiger partial charge is 0.258 e. The van der Waals surface area contributed by atoms with Crippen molar-refractivity contribution in [2.45, 2.75) is 6.92 Å². The fourth-order valence-corrected chi connectivity index (χ4v) is 2.20. The van der Waals surface area contributed by atoms with E-state index in [4.69, 9.17) is 11.6 Å². The molecule has 0 saturated carbocycles. The number of aryl methyl sites for hydroxylation is 1. The Bertz CT molecular complexity index is 627. The molecule has 1 amide bonds. The van der Waals surface area contributed by atoms with Gasteiger partial charge in [0.2, 0.25) is 0 Å². The number of amides is 1. The zero-order chi connectivity index (χ0) is 14.0. The van der Waals surface area contributed by atoms with Crippen molar-refractivity contribution in [2.24, 2.45) is 0 Å². The fraction of sp³-hybridized carbons (Fsp3) is 0.133. The minimum absolute atomic E-state index is 0.0833. The molecule has 2 rings (SSSR count). The fourth-order valence-electron chi connectivity index (χ4n) is 1.78. The molecule has 0 unspecified atom stereocenters. The summed E-state index contributed by atoms with van der Waals surface area (Å²) < 4.78 is 0.781. The molecule has 0 spiro atoms. The van der Waals surface area contributed by atoms with Gasteiger partial charge in [-0.1, -0.05) is 23.7 Å². The maximum atomic E-state index is 12.4. The van der Waals surface area contributed by atoms with Gasteiger partial charge in [0.25, 0.3) is 5.91 Å². The molecule has 0 N–H and O–H groups in total. The number of carbonyl (C=O) groups excluding carboxylic acids is 1. The first-order valence-corrected chi connectivity index (χ1v) is 6.96. The molecular formula is C15H13BrClNO. The van der Waals surface area contributed by atoms with Crippen molar-refractivity contribution in [1.29, 1.82) is 0 Å². The van der Waals surface area contributed by atoms with E-state index in [1.807, 2.05) is 31.2 Å². The molecule has 0 radical (unpaired) electrons. The van der Waals surface area contributed by atoms with Gasteiger partial charge in [-0.25, -0.2) is 0 Å². The van der Waals surface area contributed by atoms with Crippen molar-refractivity contribution in [3.63, 3.8) is 0 Å². The monoisotopic (exact) mass is 337 g/mol. The molecule has 2 nitrogen and oxygen atoms in total. The number of hydrogen-bond donors (Lipinski definition) is 0. The van der Waals surface area contributed by atoms with Gasteiger partial charge in [0.15, 0.2) is 0 Å². The highest BCUT2D eigenvalue weighted by molar-refractivity contribution is 9.10. The predicted octanol–water partition coefficient (Wildman–Crippen LogP) is 4.69. The number of rotatable bonds is 2. The van der Waals surface area contributed by atoms with Crippen molar-refractivity contribution in [1.82, 2.24) is 0 Å². The first-order valence-electron chi connectivity index (χ1n) is 5.79. The highest BCUT2D eigenvalue weighted by atomic mass is 79.9. The van der Waals surface area contributed by atoms with E-state index >= 15 is 0 Å². The summed E-state index contributed by atoms with van der Waals surface area (Å²) in [7, 11) is 1.76. The van der Waals surface area contributed by atoms with Crippen molar-refractivity contribution in [3.8, 4) is 0 Å². The van der Waals surface area contributed by atoms with E-state index in [0.29, 0.717) is 10.6 Å². The van der Waals surface area contributed by atoms with Crippen LogP contribution in [0.25, 0.3) is 0 Å². The maximum absolute atomic E-state index is 12.4. The van der Waals surface area contributed by atoms with Crippen LogP contribution in [-0.4, -0.2) is 13.0 Å². The summed E-state index contributed by atoms with van der Waals surface area (Å²) in [4.78, 5) is 14.0. The SMILES string of the molecule is Cc1cccc(N(C)C(=O)c2ccc(Br)c(Cl)c2)c1. The van der Waals surface area contributed by atoms with Crippen LogP contribution in [0.5, 0.6) is 0 Å². The second kappa shape index (κ2) is 5.76. The molecule has 0 heterocycles. The predicted molar refractivity (Wildman–Crippen MR) is 83.1 cm³/mol. The van der Waals surface area contributed by atoms with Crippen LogP contribution in [0, 0.1) is 6.92 Å². The summed E-state index contributed by atoms with van der Waals surface area (Å²) in [5.41, 5.74) is 2.55. The van der Waals surface area contributed by atoms with Crippen LogP contribution in [0.15, 0.2) is 46.9 Å². The van der Waals surface area contributed by atoms with Crippen molar-refractivity contribution in [2.75, 3.05) is 11.9 Å². The Hall–Kier alpha value is -1.32. The highest BCUT2D eigenvalue weighted by Crippen LogP contribution is 2.25. The molecule has 0 bridgehead atoms. The Balaban J connectivity index is 2.30. The van der Waals surface area contributed by atoms with Gasteiger partial charge in [0, 0.05) is 22.8 Å². The van der Waals surface area contributed by atoms with E-state index in [1.165, 1.54) is 0 Å². The largest absolute Gasteiger partial charge is 0.311 e. The van der Waals surface area contributed by atoms with Crippen LogP contribution >= 0.6 is 27.5 Å². The second-order valence-corrected chi connectivity index (χ2v) is 5.59. The average Bonchev–Trinajstić information content (AvgIpc) is 2.40. The van der Waals surface area contributed by atoms with E-state index in [-0.39, 0.29) is 5.91 Å². The lowest BCUT2D eigenvalue weighted by atomic mass is 10.1. The Morgan fingerprint density at radius 1 is 1.21 bits per heavy atom. The second-order valence-electron chi connectivity index (χ2n) is 4.33. The van der Waals surface area contributed by atoms with E-state index in [9.17, 15) is 4.79 Å². The molecular weight excluding hydrogens is 326 g/mol. The average molecular weight is 339 g/mol. The molecule has 0 aliphatic carbocycles. The normalized spacial score (nSPS) is 10.3. The Morgan fingerprint density at radius 3 is 2.58 bits per heavy atom. The first-order chi connectivity index (χ1) is 8.99. The van der Waals surface area contributed by atoms with Gasteiger partial charge in [0.1, 0.15) is 0 Å². The van der Waals surface area contributed by atoms with Gasteiger partial charge in [0.05, 0.1) is 5.02 Å². The van der Waals surface area contributed by atoms with Gasteiger partial charge in [-0.15, -0.1) is 0 Å². The van der Waals surface area contributed by atoms with Gasteiger partial charge in [-0.3, -0.25) is 4.79 Å². The quantitative estimate of drug-likeness (QED) is 0.778. The number of anilines is 1. The first kappa shape index (κ1) is 14.1. The zero-order valence-electron chi connectivity index (χ0n) is 10.7. The van der Waals surface area contributed by atoms with Crippen LogP contribution in [0.3, 0.4) is 0 Å². The number of nitrogens with zero attached hydrogens (tertiary/aromatic N) is 1. The number of benzene rings is 2. The van der Waals surface area contributed by atoms with Crippen LogP contribution in [0.1, 0.15) is 15.9 Å². The van der Waals surface area contributed by atoms with Gasteiger partial charge in [-0.05, 0) is 58.7 Å². The molecule has 4 heteroatoms. The van der Waals surface area contributed by atoms with E-state index in [1.54, 1.807) is 30.1 Å². The summed E-state index contributed by atoms with van der Waals surface area (Å²) in [5.74, 6) is -0.0833. The Labute approximate surface area is 126 Å². The minimum Gasteiger partial charge on any atom is -0.311 e. The third kappa shape index (κ3) is 3.17. The lowest BCUT2D eigenvalue weighted by molar-refractivity contribution is 0.0993. The molecule has 98 valence electrons. The molecule has 19 heavy (non-hydrogen) atoms. The van der Waals surface area contributed by atoms with Gasteiger partial charge >= 0.3 is 0 Å². The number of carbonyl (C=O) groups is 1. The van der Waals surface area contributed by atoms with Crippen molar-refractivity contribution >= 4 is 39.1 Å². The standard InChI is InChI=1S/C15H13BrClNO/c1-10-4-3-5-12(8-10)18(2)15(19)11-6-7-13(16)14(17)9-11/h3-9H,1-2H3. The molecule has 0 aliphatic heterocycles. The van der Waals surface area contributed by atoms with Gasteiger partial charge in [-0.2, -0.15) is 0 Å². The topological polar surface area (TPSA) is 20.3 Å². The van der Waals surface area contributed by atoms with Crippen LogP contribution in [0.4, 0.5) is 5.69 Å². The summed E-state index contributed by atoms with van der Waals surface area (Å²) in [6, 6.07) is 13.0. The Morgan fingerprint density at radius 2 is 1.95 bits per heavy atom. The lowest BCUT2D eigenvalue weighted by Gasteiger charge is -2.18. The molecule has 0 aromatic heterocycles. The third-order valence-corrected chi connectivity index (χ3v) is 4.09. The zero-order valence-corrected chi connectivity index (χ0v) is 13.0. The highest BCUT2D eigenvalue weighted by Gasteiger charge is 2.14. The van der Waals surface area contributed by atoms with Crippen molar-refractivity contribution in [3.05, 3.63) is 63.1 Å².